The van der Waals surface area contributed by atoms with Crippen LogP contribution >= 0.6 is 0 Å². The van der Waals surface area contributed by atoms with E-state index in [9.17, 15) is 9.90 Å². The Balaban J connectivity index is 1.96. The second-order valence-corrected chi connectivity index (χ2v) is 7.04. The third-order valence-corrected chi connectivity index (χ3v) is 4.90. The normalized spacial score (nSPS) is 12.6. The number of quaternary nitrogens is 1. The lowest BCUT2D eigenvalue weighted by Gasteiger charge is -2.20. The van der Waals surface area contributed by atoms with Gasteiger partial charge in [-0.25, -0.2) is 4.79 Å². The number of nitrogens with two attached hydrogens (primary N) is 1. The van der Waals surface area contributed by atoms with Gasteiger partial charge in [0.1, 0.15) is 23.9 Å². The molecule has 0 bridgehead atoms. The molecule has 0 saturated heterocycles. The Labute approximate surface area is 153 Å². The Morgan fingerprint density at radius 3 is 2.46 bits per heavy atom. The Bertz CT molecular complexity index is 945. The summed E-state index contributed by atoms with van der Waals surface area (Å²) < 4.78 is 5.29. The Morgan fingerprint density at radius 2 is 1.81 bits per heavy atom. The number of phenols is 1. The third kappa shape index (κ3) is 3.81. The van der Waals surface area contributed by atoms with Gasteiger partial charge in [-0.1, -0.05) is 51.1 Å². The summed E-state index contributed by atoms with van der Waals surface area (Å²) >= 11 is 0. The summed E-state index contributed by atoms with van der Waals surface area (Å²) in [7, 11) is 0. The molecule has 4 heteroatoms. The summed E-state index contributed by atoms with van der Waals surface area (Å²) in [5, 5.41) is 13.2. The molecule has 0 spiro atoms. The van der Waals surface area contributed by atoms with Crippen molar-refractivity contribution in [3.05, 3.63) is 75.6 Å². The lowest BCUT2D eigenvalue weighted by molar-refractivity contribution is -0.716. The van der Waals surface area contributed by atoms with Crippen LogP contribution in [0, 0.1) is 5.92 Å². The lowest BCUT2D eigenvalue weighted by Crippen LogP contribution is -2.84. The molecule has 1 heterocycles. The monoisotopic (exact) mass is 352 g/mol. The van der Waals surface area contributed by atoms with Crippen LogP contribution in [-0.2, 0) is 13.0 Å². The average Bonchev–Trinajstić information content (AvgIpc) is 2.61. The predicted octanol–water partition coefficient (Wildman–Crippen LogP) is 3.52. The zero-order valence-corrected chi connectivity index (χ0v) is 15.5. The van der Waals surface area contributed by atoms with E-state index in [1.165, 1.54) is 5.56 Å². The largest absolute Gasteiger partial charge is 0.508 e. The van der Waals surface area contributed by atoms with Crippen molar-refractivity contribution in [2.75, 3.05) is 0 Å². The van der Waals surface area contributed by atoms with Crippen LogP contribution in [0.15, 0.2) is 57.7 Å². The first kappa shape index (κ1) is 18.2. The average molecular weight is 352 g/mol. The van der Waals surface area contributed by atoms with Crippen molar-refractivity contribution in [3.63, 3.8) is 0 Å². The minimum Gasteiger partial charge on any atom is -0.508 e. The quantitative estimate of drug-likeness (QED) is 0.667. The summed E-state index contributed by atoms with van der Waals surface area (Å²) in [6.45, 7) is 7.08. The minimum atomic E-state index is -0.384. The van der Waals surface area contributed by atoms with Gasteiger partial charge < -0.3 is 14.8 Å². The van der Waals surface area contributed by atoms with Crippen molar-refractivity contribution in [1.29, 1.82) is 0 Å². The summed E-state index contributed by atoms with van der Waals surface area (Å²) in [4.78, 5) is 12.0. The van der Waals surface area contributed by atoms with Crippen molar-refractivity contribution in [2.45, 2.75) is 39.8 Å². The van der Waals surface area contributed by atoms with Crippen LogP contribution in [0.25, 0.3) is 11.0 Å². The standard InChI is InChI=1S/C22H25NO3/c1-4-15-10-18-17(11-21(25)26-20(18)12-19(15)24)13-23-22(14(2)3)16-8-6-5-7-9-16/h5-12,14,22-24H,4,13H2,1-3H3/p+1/t22-/m0/s1. The van der Waals surface area contributed by atoms with Crippen LogP contribution in [0.3, 0.4) is 0 Å². The maximum Gasteiger partial charge on any atom is 0.336 e. The fourth-order valence-electron chi connectivity index (χ4n) is 3.48. The van der Waals surface area contributed by atoms with Gasteiger partial charge >= 0.3 is 5.63 Å². The number of aryl methyl sites for hydroxylation is 1. The molecule has 0 unspecified atom stereocenters. The van der Waals surface area contributed by atoms with Gasteiger partial charge in [-0.05, 0) is 18.1 Å². The number of aromatic hydroxyl groups is 1. The molecule has 3 rings (SSSR count). The van der Waals surface area contributed by atoms with Crippen molar-refractivity contribution >= 4 is 11.0 Å². The molecule has 1 aromatic heterocycles. The van der Waals surface area contributed by atoms with Crippen molar-refractivity contribution in [1.82, 2.24) is 0 Å². The fourth-order valence-corrected chi connectivity index (χ4v) is 3.48. The molecule has 26 heavy (non-hydrogen) atoms. The Kier molecular flexibility index (Phi) is 5.43. The molecule has 0 aliphatic rings. The fraction of sp³-hybridized carbons (Fsp3) is 0.318. The summed E-state index contributed by atoms with van der Waals surface area (Å²) in [6.07, 6.45) is 0.725. The van der Waals surface area contributed by atoms with Gasteiger partial charge in [0, 0.05) is 34.6 Å². The van der Waals surface area contributed by atoms with E-state index in [0.717, 1.165) is 22.9 Å². The van der Waals surface area contributed by atoms with Gasteiger partial charge in [0.2, 0.25) is 0 Å². The third-order valence-electron chi connectivity index (χ3n) is 4.90. The molecule has 0 radical (unpaired) electrons. The molecular weight excluding hydrogens is 326 g/mol. The Hall–Kier alpha value is -2.59. The molecule has 3 N–H and O–H groups in total. The van der Waals surface area contributed by atoms with Crippen LogP contribution in [0.5, 0.6) is 5.75 Å². The molecule has 4 nitrogen and oxygen atoms in total. The highest BCUT2D eigenvalue weighted by Gasteiger charge is 2.20. The van der Waals surface area contributed by atoms with Crippen LogP contribution in [0.4, 0.5) is 0 Å². The van der Waals surface area contributed by atoms with Gasteiger partial charge in [0.15, 0.2) is 0 Å². The van der Waals surface area contributed by atoms with E-state index < -0.39 is 0 Å². The number of hydrogen-bond donors (Lipinski definition) is 2. The van der Waals surface area contributed by atoms with Gasteiger partial charge in [-0.15, -0.1) is 0 Å². The number of phenolic OH excluding ortho intramolecular Hbond substituents is 1. The highest BCUT2D eigenvalue weighted by atomic mass is 16.4. The SMILES string of the molecule is CCc1cc2c(C[NH2+][C@H](c3ccccc3)C(C)C)cc(=O)oc2cc1O. The lowest BCUT2D eigenvalue weighted by atomic mass is 9.95. The molecule has 0 fully saturated rings. The van der Waals surface area contributed by atoms with Crippen LogP contribution in [0.1, 0.15) is 43.5 Å². The minimum absolute atomic E-state index is 0.175. The highest BCUT2D eigenvalue weighted by molar-refractivity contribution is 5.82. The van der Waals surface area contributed by atoms with Crippen molar-refractivity contribution < 1.29 is 14.8 Å². The molecule has 0 saturated carbocycles. The molecule has 136 valence electrons. The van der Waals surface area contributed by atoms with E-state index in [4.69, 9.17) is 4.42 Å². The topological polar surface area (TPSA) is 67.0 Å². The number of hydrogen-bond acceptors (Lipinski definition) is 3. The van der Waals surface area contributed by atoms with E-state index in [-0.39, 0.29) is 11.4 Å². The first-order valence-electron chi connectivity index (χ1n) is 9.16. The van der Waals surface area contributed by atoms with Gasteiger partial charge in [-0.3, -0.25) is 0 Å². The van der Waals surface area contributed by atoms with E-state index >= 15 is 0 Å². The number of benzene rings is 2. The molecule has 0 aliphatic heterocycles. The van der Waals surface area contributed by atoms with E-state index in [1.807, 2.05) is 19.1 Å². The first-order valence-corrected chi connectivity index (χ1v) is 9.16. The van der Waals surface area contributed by atoms with E-state index in [2.05, 4.69) is 43.4 Å². The molecule has 3 aromatic rings. The van der Waals surface area contributed by atoms with Crippen LogP contribution in [-0.4, -0.2) is 5.11 Å². The molecular formula is C22H26NO3+. The van der Waals surface area contributed by atoms with Gasteiger partial charge in [0.25, 0.3) is 0 Å². The summed E-state index contributed by atoms with van der Waals surface area (Å²) in [6, 6.07) is 15.8. The molecule has 0 aliphatic carbocycles. The molecule has 1 atom stereocenters. The molecule has 0 amide bonds. The summed E-state index contributed by atoms with van der Waals surface area (Å²) in [5.41, 5.74) is 3.13. The predicted molar refractivity (Wildman–Crippen MR) is 103 cm³/mol. The summed E-state index contributed by atoms with van der Waals surface area (Å²) in [5.74, 6) is 0.632. The number of fused-ring (bicyclic) bond motifs is 1. The van der Waals surface area contributed by atoms with Crippen molar-refractivity contribution in [2.24, 2.45) is 5.92 Å². The zero-order chi connectivity index (χ0) is 18.7. The van der Waals surface area contributed by atoms with E-state index in [1.54, 1.807) is 12.1 Å². The van der Waals surface area contributed by atoms with Crippen molar-refractivity contribution in [3.8, 4) is 5.75 Å². The smallest absolute Gasteiger partial charge is 0.336 e. The maximum atomic E-state index is 12.0. The number of rotatable bonds is 6. The maximum absolute atomic E-state index is 12.0. The highest BCUT2D eigenvalue weighted by Crippen LogP contribution is 2.27. The first-order chi connectivity index (χ1) is 12.5. The Morgan fingerprint density at radius 1 is 1.08 bits per heavy atom. The second kappa shape index (κ2) is 7.75. The molecule has 2 aromatic carbocycles. The van der Waals surface area contributed by atoms with Gasteiger partial charge in [0.05, 0.1) is 0 Å². The van der Waals surface area contributed by atoms with Crippen LogP contribution in [0.2, 0.25) is 0 Å². The van der Waals surface area contributed by atoms with Gasteiger partial charge in [-0.2, -0.15) is 0 Å². The van der Waals surface area contributed by atoms with Crippen LogP contribution < -0.4 is 10.9 Å². The van der Waals surface area contributed by atoms with E-state index in [0.29, 0.717) is 24.1 Å². The second-order valence-electron chi connectivity index (χ2n) is 7.04. The zero-order valence-electron chi connectivity index (χ0n) is 15.5.